The molecule has 1 aromatic rings. The summed E-state index contributed by atoms with van der Waals surface area (Å²) in [6, 6.07) is 7.26. The molecule has 0 bridgehead atoms. The standard InChI is InChI=1S/C19H29F3N2O3S/c1-4-16-9-10-24(12-18(16)27-13-19(20,21)22)11-15-5-7-17(8-6-15)14(2)23-28(3,25)26/h5-8,14,16,18,23H,4,9-13H2,1-3H3. The summed E-state index contributed by atoms with van der Waals surface area (Å²) in [5.41, 5.74) is 1.88. The Kier molecular flexibility index (Phi) is 7.89. The van der Waals surface area contributed by atoms with Crippen LogP contribution in [0.25, 0.3) is 0 Å². The van der Waals surface area contributed by atoms with Gasteiger partial charge in [0.05, 0.1) is 12.4 Å². The number of rotatable bonds is 8. The molecule has 5 nitrogen and oxygen atoms in total. The normalized spacial score (nSPS) is 22.9. The first-order valence-electron chi connectivity index (χ1n) is 9.43. The third-order valence-electron chi connectivity index (χ3n) is 5.04. The monoisotopic (exact) mass is 422 g/mol. The van der Waals surface area contributed by atoms with Crippen LogP contribution in [0.1, 0.15) is 43.9 Å². The second-order valence-electron chi connectivity index (χ2n) is 7.51. The molecule has 0 aliphatic carbocycles. The SMILES string of the molecule is CCC1CCN(Cc2ccc(C(C)NS(C)(=O)=O)cc2)CC1OCC(F)(F)F. The van der Waals surface area contributed by atoms with Crippen LogP contribution < -0.4 is 4.72 Å². The van der Waals surface area contributed by atoms with Gasteiger partial charge < -0.3 is 4.74 Å². The molecule has 28 heavy (non-hydrogen) atoms. The highest BCUT2D eigenvalue weighted by Gasteiger charge is 2.34. The Morgan fingerprint density at radius 3 is 2.46 bits per heavy atom. The first-order valence-corrected chi connectivity index (χ1v) is 11.3. The fourth-order valence-corrected chi connectivity index (χ4v) is 4.37. The molecule has 1 heterocycles. The quantitative estimate of drug-likeness (QED) is 0.697. The second-order valence-corrected chi connectivity index (χ2v) is 9.29. The smallest absolute Gasteiger partial charge is 0.367 e. The van der Waals surface area contributed by atoms with Gasteiger partial charge in [-0.3, -0.25) is 4.90 Å². The van der Waals surface area contributed by atoms with Crippen molar-refractivity contribution in [1.29, 1.82) is 0 Å². The zero-order chi connectivity index (χ0) is 20.9. The molecule has 1 aromatic carbocycles. The molecular weight excluding hydrogens is 393 g/mol. The van der Waals surface area contributed by atoms with Crippen molar-refractivity contribution in [3.63, 3.8) is 0 Å². The van der Waals surface area contributed by atoms with E-state index in [0.717, 1.165) is 36.8 Å². The molecular formula is C19H29F3N2O3S. The minimum absolute atomic E-state index is 0.142. The Hall–Kier alpha value is -1.16. The molecule has 1 N–H and O–H groups in total. The molecule has 0 amide bonds. The molecule has 1 fully saturated rings. The summed E-state index contributed by atoms with van der Waals surface area (Å²) in [5, 5.41) is 0. The van der Waals surface area contributed by atoms with E-state index in [1.807, 2.05) is 31.2 Å². The minimum Gasteiger partial charge on any atom is -0.367 e. The highest BCUT2D eigenvalue weighted by molar-refractivity contribution is 7.88. The molecule has 1 saturated heterocycles. The molecule has 1 aliphatic rings. The summed E-state index contributed by atoms with van der Waals surface area (Å²) in [6.45, 7) is 4.46. The van der Waals surface area contributed by atoms with Crippen LogP contribution >= 0.6 is 0 Å². The predicted molar refractivity (Wildman–Crippen MR) is 102 cm³/mol. The molecule has 2 rings (SSSR count). The number of nitrogens with one attached hydrogen (secondary N) is 1. The van der Waals surface area contributed by atoms with Crippen LogP contribution in [0.15, 0.2) is 24.3 Å². The second kappa shape index (κ2) is 9.56. The average Bonchev–Trinajstić information content (AvgIpc) is 2.58. The number of likely N-dealkylation sites (tertiary alicyclic amines) is 1. The van der Waals surface area contributed by atoms with Gasteiger partial charge in [0.15, 0.2) is 0 Å². The van der Waals surface area contributed by atoms with Gasteiger partial charge in [-0.1, -0.05) is 37.6 Å². The number of alkyl halides is 3. The Labute approximate surface area is 165 Å². The molecule has 9 heteroatoms. The van der Waals surface area contributed by atoms with Crippen molar-refractivity contribution in [3.05, 3.63) is 35.4 Å². The number of benzene rings is 1. The highest BCUT2D eigenvalue weighted by Crippen LogP contribution is 2.27. The lowest BCUT2D eigenvalue weighted by atomic mass is 9.91. The van der Waals surface area contributed by atoms with E-state index in [2.05, 4.69) is 9.62 Å². The number of hydrogen-bond acceptors (Lipinski definition) is 4. The zero-order valence-electron chi connectivity index (χ0n) is 16.5. The summed E-state index contributed by atoms with van der Waals surface area (Å²) in [4.78, 5) is 2.11. The zero-order valence-corrected chi connectivity index (χ0v) is 17.3. The van der Waals surface area contributed by atoms with Gasteiger partial charge in [-0.05, 0) is 36.9 Å². The van der Waals surface area contributed by atoms with Gasteiger partial charge in [-0.15, -0.1) is 0 Å². The fourth-order valence-electron chi connectivity index (χ4n) is 3.59. The fraction of sp³-hybridized carbons (Fsp3) is 0.684. The highest BCUT2D eigenvalue weighted by atomic mass is 32.2. The van der Waals surface area contributed by atoms with Crippen LogP contribution in [-0.2, 0) is 21.3 Å². The summed E-state index contributed by atoms with van der Waals surface area (Å²) >= 11 is 0. The van der Waals surface area contributed by atoms with E-state index in [1.165, 1.54) is 0 Å². The minimum atomic E-state index is -4.31. The van der Waals surface area contributed by atoms with E-state index in [-0.39, 0.29) is 12.0 Å². The molecule has 3 unspecified atom stereocenters. The van der Waals surface area contributed by atoms with Gasteiger partial charge in [0, 0.05) is 19.1 Å². The Morgan fingerprint density at radius 2 is 1.93 bits per heavy atom. The van der Waals surface area contributed by atoms with Gasteiger partial charge in [0.1, 0.15) is 6.61 Å². The molecule has 0 saturated carbocycles. The van der Waals surface area contributed by atoms with E-state index in [0.29, 0.717) is 13.1 Å². The number of piperidine rings is 1. The van der Waals surface area contributed by atoms with Crippen molar-refractivity contribution in [2.24, 2.45) is 5.92 Å². The van der Waals surface area contributed by atoms with Gasteiger partial charge in [-0.2, -0.15) is 13.2 Å². The third kappa shape index (κ3) is 7.69. The number of nitrogens with zero attached hydrogens (tertiary/aromatic N) is 1. The van der Waals surface area contributed by atoms with Gasteiger partial charge in [0.25, 0.3) is 0 Å². The van der Waals surface area contributed by atoms with Crippen LogP contribution in [-0.4, -0.2) is 51.6 Å². The number of hydrogen-bond donors (Lipinski definition) is 1. The van der Waals surface area contributed by atoms with Crippen molar-refractivity contribution >= 4 is 10.0 Å². The lowest BCUT2D eigenvalue weighted by Crippen LogP contribution is -2.45. The maximum atomic E-state index is 12.5. The van der Waals surface area contributed by atoms with Crippen LogP contribution in [0.2, 0.25) is 0 Å². The lowest BCUT2D eigenvalue weighted by Gasteiger charge is -2.38. The molecule has 0 aromatic heterocycles. The summed E-state index contributed by atoms with van der Waals surface area (Å²) in [6.07, 6.45) is -2.00. The molecule has 0 spiro atoms. The van der Waals surface area contributed by atoms with Gasteiger partial charge in [-0.25, -0.2) is 13.1 Å². The predicted octanol–water partition coefficient (Wildman–Crippen LogP) is 3.48. The summed E-state index contributed by atoms with van der Waals surface area (Å²) < 4.78 is 67.9. The van der Waals surface area contributed by atoms with Crippen molar-refractivity contribution in [2.75, 3.05) is 26.0 Å². The van der Waals surface area contributed by atoms with E-state index >= 15 is 0 Å². The van der Waals surface area contributed by atoms with Crippen LogP contribution in [0.3, 0.4) is 0 Å². The number of ether oxygens (including phenoxy) is 1. The van der Waals surface area contributed by atoms with Crippen LogP contribution in [0, 0.1) is 5.92 Å². The first kappa shape index (κ1) is 23.1. The van der Waals surface area contributed by atoms with Gasteiger partial charge in [0.2, 0.25) is 10.0 Å². The maximum Gasteiger partial charge on any atom is 0.411 e. The topological polar surface area (TPSA) is 58.6 Å². The Balaban J connectivity index is 1.95. The molecule has 160 valence electrons. The van der Waals surface area contributed by atoms with Crippen molar-refractivity contribution < 1.29 is 26.3 Å². The van der Waals surface area contributed by atoms with E-state index in [9.17, 15) is 21.6 Å². The molecule has 0 radical (unpaired) electrons. The lowest BCUT2D eigenvalue weighted by molar-refractivity contribution is -0.196. The molecule has 3 atom stereocenters. The Morgan fingerprint density at radius 1 is 1.29 bits per heavy atom. The first-order chi connectivity index (χ1) is 13.0. The number of halogens is 3. The van der Waals surface area contributed by atoms with Crippen molar-refractivity contribution in [3.8, 4) is 0 Å². The van der Waals surface area contributed by atoms with E-state index < -0.39 is 28.9 Å². The van der Waals surface area contributed by atoms with Crippen LogP contribution in [0.5, 0.6) is 0 Å². The molecule has 1 aliphatic heterocycles. The third-order valence-corrected chi connectivity index (χ3v) is 5.82. The Bertz CT molecular complexity index is 723. The van der Waals surface area contributed by atoms with Gasteiger partial charge >= 0.3 is 6.18 Å². The van der Waals surface area contributed by atoms with Crippen molar-refractivity contribution in [2.45, 2.75) is 51.6 Å². The van der Waals surface area contributed by atoms with Crippen LogP contribution in [0.4, 0.5) is 13.2 Å². The van der Waals surface area contributed by atoms with Crippen molar-refractivity contribution in [1.82, 2.24) is 9.62 Å². The summed E-state index contributed by atoms with van der Waals surface area (Å²) in [7, 11) is -3.29. The maximum absolute atomic E-state index is 12.5. The number of sulfonamides is 1. The van der Waals surface area contributed by atoms with E-state index in [1.54, 1.807) is 6.92 Å². The van der Waals surface area contributed by atoms with E-state index in [4.69, 9.17) is 4.74 Å². The largest absolute Gasteiger partial charge is 0.411 e. The average molecular weight is 423 g/mol. The summed E-state index contributed by atoms with van der Waals surface area (Å²) in [5.74, 6) is 0.142.